The Labute approximate surface area is 111 Å². The Morgan fingerprint density at radius 3 is 2.85 bits per heavy atom. The van der Waals surface area contributed by atoms with E-state index in [4.69, 9.17) is 9.84 Å². The summed E-state index contributed by atoms with van der Waals surface area (Å²) >= 11 is 0. The first kappa shape index (κ1) is 13.5. The average molecular weight is 281 g/mol. The van der Waals surface area contributed by atoms with Gasteiger partial charge in [0.15, 0.2) is 0 Å². The smallest absolute Gasteiger partial charge is 0.350 e. The topological polar surface area (TPSA) is 107 Å². The highest BCUT2D eigenvalue weighted by Crippen LogP contribution is 2.32. The normalized spacial score (nSPS) is 10.3. The van der Waals surface area contributed by atoms with Gasteiger partial charge < -0.3 is 9.84 Å². The van der Waals surface area contributed by atoms with E-state index >= 15 is 0 Å². The molecule has 0 aliphatic carbocycles. The molecule has 0 bridgehead atoms. The highest BCUT2D eigenvalue weighted by atomic mass is 19.1. The van der Waals surface area contributed by atoms with E-state index in [2.05, 4.69) is 5.10 Å². The van der Waals surface area contributed by atoms with Gasteiger partial charge in [0.2, 0.25) is 0 Å². The van der Waals surface area contributed by atoms with Gasteiger partial charge in [-0.2, -0.15) is 0 Å². The fourth-order valence-corrected chi connectivity index (χ4v) is 1.55. The Hall–Kier alpha value is -2.97. The van der Waals surface area contributed by atoms with E-state index in [0.717, 1.165) is 16.9 Å². The van der Waals surface area contributed by atoms with Crippen LogP contribution in [0.2, 0.25) is 0 Å². The van der Waals surface area contributed by atoms with Gasteiger partial charge in [-0.3, -0.25) is 14.8 Å². The Morgan fingerprint density at radius 1 is 1.55 bits per heavy atom. The van der Waals surface area contributed by atoms with Gasteiger partial charge in [0.1, 0.15) is 23.3 Å². The number of benzene rings is 1. The van der Waals surface area contributed by atoms with Crippen molar-refractivity contribution in [3.63, 3.8) is 0 Å². The quantitative estimate of drug-likeness (QED) is 0.678. The number of carboxylic acid groups (broad SMARTS) is 1. The lowest BCUT2D eigenvalue weighted by atomic mass is 10.2. The lowest BCUT2D eigenvalue weighted by Gasteiger charge is -2.06. The molecule has 0 saturated carbocycles. The second-order valence-corrected chi connectivity index (χ2v) is 3.77. The van der Waals surface area contributed by atoms with Crippen molar-refractivity contribution < 1.29 is 24.0 Å². The third-order valence-electron chi connectivity index (χ3n) is 2.37. The Balaban J connectivity index is 2.48. The molecule has 0 unspecified atom stereocenters. The molecule has 20 heavy (non-hydrogen) atoms. The second kappa shape index (κ2) is 4.96. The first-order valence-corrected chi connectivity index (χ1v) is 5.28. The van der Waals surface area contributed by atoms with Gasteiger partial charge in [0, 0.05) is 7.05 Å². The van der Waals surface area contributed by atoms with E-state index in [0.29, 0.717) is 0 Å². The predicted octanol–water partition coefficient (Wildman–Crippen LogP) is 1.96. The molecule has 2 rings (SSSR count). The largest absolute Gasteiger partial charge is 0.477 e. The minimum atomic E-state index is -1.54. The van der Waals surface area contributed by atoms with Crippen molar-refractivity contribution in [2.75, 3.05) is 0 Å². The number of carboxylic acids is 1. The summed E-state index contributed by atoms with van der Waals surface area (Å²) < 4.78 is 19.7. The molecule has 0 amide bonds. The first-order valence-electron chi connectivity index (χ1n) is 5.28. The first-order chi connectivity index (χ1) is 9.40. The number of ether oxygens (including phenoxy) is 1. The number of rotatable bonds is 4. The molecule has 8 nitrogen and oxygen atoms in total. The van der Waals surface area contributed by atoms with E-state index in [9.17, 15) is 19.3 Å². The van der Waals surface area contributed by atoms with E-state index in [1.165, 1.54) is 19.2 Å². The molecule has 0 saturated heterocycles. The van der Waals surface area contributed by atoms with Gasteiger partial charge in [0.05, 0.1) is 4.92 Å². The maximum absolute atomic E-state index is 13.4. The second-order valence-electron chi connectivity index (χ2n) is 3.77. The van der Waals surface area contributed by atoms with Crippen LogP contribution >= 0.6 is 0 Å². The molecule has 0 aliphatic heterocycles. The summed E-state index contributed by atoms with van der Waals surface area (Å²) in [6.07, 6.45) is 1.09. The number of aromatic nitrogens is 2. The zero-order valence-corrected chi connectivity index (χ0v) is 10.1. The molecule has 0 radical (unpaired) electrons. The number of nitro groups is 1. The van der Waals surface area contributed by atoms with Crippen molar-refractivity contribution in [1.29, 1.82) is 0 Å². The van der Waals surface area contributed by atoms with Crippen LogP contribution in [0.1, 0.15) is 10.4 Å². The Morgan fingerprint density at radius 2 is 2.25 bits per heavy atom. The third kappa shape index (κ3) is 2.41. The Kier molecular flexibility index (Phi) is 3.34. The van der Waals surface area contributed by atoms with Crippen molar-refractivity contribution >= 4 is 11.7 Å². The van der Waals surface area contributed by atoms with Gasteiger partial charge >= 0.3 is 17.5 Å². The van der Waals surface area contributed by atoms with Crippen molar-refractivity contribution in [2.24, 2.45) is 7.05 Å². The van der Waals surface area contributed by atoms with Gasteiger partial charge in [-0.1, -0.05) is 6.07 Å². The highest BCUT2D eigenvalue weighted by Gasteiger charge is 2.24. The summed E-state index contributed by atoms with van der Waals surface area (Å²) in [6, 6.07) is 3.36. The van der Waals surface area contributed by atoms with Gasteiger partial charge in [0.25, 0.3) is 0 Å². The van der Waals surface area contributed by atoms with Crippen LogP contribution in [0, 0.1) is 15.9 Å². The third-order valence-corrected chi connectivity index (χ3v) is 2.37. The van der Waals surface area contributed by atoms with Crippen LogP contribution in [0.3, 0.4) is 0 Å². The van der Waals surface area contributed by atoms with E-state index in [-0.39, 0.29) is 5.75 Å². The van der Waals surface area contributed by atoms with Crippen LogP contribution in [0.5, 0.6) is 11.6 Å². The summed E-state index contributed by atoms with van der Waals surface area (Å²) in [5, 5.41) is 23.4. The van der Waals surface area contributed by atoms with Crippen LogP contribution in [0.4, 0.5) is 10.1 Å². The van der Waals surface area contributed by atoms with Gasteiger partial charge in [-0.05, 0) is 12.1 Å². The fraction of sp³-hybridized carbons (Fsp3) is 0.0909. The van der Waals surface area contributed by atoms with E-state index in [1.807, 2.05) is 0 Å². The summed E-state index contributed by atoms with van der Waals surface area (Å²) in [6.45, 7) is 0. The SMILES string of the molecule is Cn1cc([N+](=O)[O-])c(Oc2cccc(F)c2C(=O)O)n1. The predicted molar refractivity (Wildman–Crippen MR) is 63.3 cm³/mol. The summed E-state index contributed by atoms with van der Waals surface area (Å²) in [5.74, 6) is -3.32. The minimum absolute atomic E-state index is 0.362. The van der Waals surface area contributed by atoms with Crippen molar-refractivity contribution in [2.45, 2.75) is 0 Å². The molecular weight excluding hydrogens is 273 g/mol. The van der Waals surface area contributed by atoms with Crippen LogP contribution < -0.4 is 4.74 Å². The van der Waals surface area contributed by atoms with Crippen molar-refractivity contribution in [1.82, 2.24) is 9.78 Å². The van der Waals surface area contributed by atoms with E-state index in [1.54, 1.807) is 0 Å². The number of hydrogen-bond acceptors (Lipinski definition) is 5. The zero-order chi connectivity index (χ0) is 14.9. The molecule has 0 spiro atoms. The molecule has 9 heteroatoms. The molecule has 1 aromatic heterocycles. The number of halogens is 1. The molecule has 0 atom stereocenters. The maximum atomic E-state index is 13.4. The van der Waals surface area contributed by atoms with Crippen molar-refractivity contribution in [3.05, 3.63) is 45.9 Å². The number of aryl methyl sites for hydroxylation is 1. The van der Waals surface area contributed by atoms with Gasteiger partial charge in [-0.15, -0.1) is 5.10 Å². The van der Waals surface area contributed by atoms with Crippen LogP contribution in [0.25, 0.3) is 0 Å². The fourth-order valence-electron chi connectivity index (χ4n) is 1.55. The molecule has 0 fully saturated rings. The standard InChI is InChI=1S/C11H8FN3O5/c1-14-5-7(15(18)19)10(13-14)20-8-4-2-3-6(12)9(8)11(16)17/h2-5H,1H3,(H,16,17). The number of hydrogen-bond donors (Lipinski definition) is 1. The molecule has 2 aromatic rings. The highest BCUT2D eigenvalue weighted by molar-refractivity contribution is 5.91. The summed E-state index contributed by atoms with van der Waals surface area (Å²) in [5.41, 5.74) is -1.17. The monoisotopic (exact) mass is 281 g/mol. The number of aromatic carboxylic acids is 1. The van der Waals surface area contributed by atoms with Gasteiger partial charge in [-0.25, -0.2) is 9.18 Å². The summed E-state index contributed by atoms with van der Waals surface area (Å²) in [7, 11) is 1.43. The molecule has 1 heterocycles. The summed E-state index contributed by atoms with van der Waals surface area (Å²) in [4.78, 5) is 21.0. The lowest BCUT2D eigenvalue weighted by molar-refractivity contribution is -0.385. The minimum Gasteiger partial charge on any atom is -0.477 e. The van der Waals surface area contributed by atoms with Crippen LogP contribution in [-0.2, 0) is 7.05 Å². The lowest BCUT2D eigenvalue weighted by Crippen LogP contribution is -2.04. The maximum Gasteiger partial charge on any atom is 0.350 e. The Bertz CT molecular complexity index is 697. The molecule has 0 aliphatic rings. The van der Waals surface area contributed by atoms with Crippen LogP contribution in [-0.4, -0.2) is 25.8 Å². The van der Waals surface area contributed by atoms with Crippen LogP contribution in [0.15, 0.2) is 24.4 Å². The molecular formula is C11H8FN3O5. The average Bonchev–Trinajstić information content (AvgIpc) is 2.70. The molecule has 1 aromatic carbocycles. The number of nitrogens with zero attached hydrogens (tertiary/aromatic N) is 3. The van der Waals surface area contributed by atoms with Crippen molar-refractivity contribution in [3.8, 4) is 11.6 Å². The molecule has 104 valence electrons. The number of carbonyl (C=O) groups is 1. The van der Waals surface area contributed by atoms with E-state index < -0.39 is 33.8 Å². The molecule has 1 N–H and O–H groups in total. The zero-order valence-electron chi connectivity index (χ0n) is 10.1.